The molecular weight excluding hydrogens is 424 g/mol. The van der Waals surface area contributed by atoms with E-state index < -0.39 is 15.9 Å². The highest BCUT2D eigenvalue weighted by atomic mass is 79.9. The van der Waals surface area contributed by atoms with Crippen molar-refractivity contribution in [1.29, 1.82) is 0 Å². The van der Waals surface area contributed by atoms with Crippen LogP contribution in [0.1, 0.15) is 6.92 Å². The SMILES string of the molecule is CCSc1ccccc1NC(=O)CN(c1cccc(Br)c1)S(C)(=O)=O. The van der Waals surface area contributed by atoms with Gasteiger partial charge in [-0.05, 0) is 36.1 Å². The van der Waals surface area contributed by atoms with E-state index in [9.17, 15) is 13.2 Å². The number of rotatable bonds is 7. The van der Waals surface area contributed by atoms with Crippen molar-refractivity contribution in [1.82, 2.24) is 0 Å². The number of nitrogens with zero attached hydrogens (tertiary/aromatic N) is 1. The Balaban J connectivity index is 2.21. The minimum absolute atomic E-state index is 0.291. The first kappa shape index (κ1) is 19.8. The van der Waals surface area contributed by atoms with Crippen LogP contribution in [0, 0.1) is 0 Å². The summed E-state index contributed by atoms with van der Waals surface area (Å²) in [6.45, 7) is 1.74. The van der Waals surface area contributed by atoms with E-state index in [-0.39, 0.29) is 6.54 Å². The lowest BCUT2D eigenvalue weighted by molar-refractivity contribution is -0.114. The van der Waals surface area contributed by atoms with Gasteiger partial charge in [0.1, 0.15) is 6.54 Å². The molecule has 0 aliphatic carbocycles. The second-order valence-corrected chi connectivity index (χ2v) is 9.36. The topological polar surface area (TPSA) is 66.5 Å². The van der Waals surface area contributed by atoms with Crippen LogP contribution >= 0.6 is 27.7 Å². The van der Waals surface area contributed by atoms with Crippen LogP contribution in [0.5, 0.6) is 0 Å². The van der Waals surface area contributed by atoms with E-state index in [0.717, 1.165) is 25.7 Å². The molecule has 134 valence electrons. The van der Waals surface area contributed by atoms with Gasteiger partial charge in [-0.2, -0.15) is 0 Å². The van der Waals surface area contributed by atoms with Crippen LogP contribution in [0.2, 0.25) is 0 Å². The molecule has 25 heavy (non-hydrogen) atoms. The molecule has 0 fully saturated rings. The van der Waals surface area contributed by atoms with Crippen molar-refractivity contribution in [2.45, 2.75) is 11.8 Å². The van der Waals surface area contributed by atoms with Gasteiger partial charge < -0.3 is 5.32 Å². The molecule has 0 aliphatic rings. The molecule has 0 radical (unpaired) electrons. The van der Waals surface area contributed by atoms with Gasteiger partial charge in [-0.3, -0.25) is 9.10 Å². The maximum Gasteiger partial charge on any atom is 0.245 e. The van der Waals surface area contributed by atoms with E-state index in [1.807, 2.05) is 25.1 Å². The number of carbonyl (C=O) groups excluding carboxylic acids is 1. The highest BCUT2D eigenvalue weighted by molar-refractivity contribution is 9.10. The third-order valence-electron chi connectivity index (χ3n) is 3.24. The first-order valence-corrected chi connectivity index (χ1v) is 11.2. The molecule has 0 saturated heterocycles. The first-order valence-electron chi connectivity index (χ1n) is 7.56. The molecule has 2 aromatic carbocycles. The van der Waals surface area contributed by atoms with Crippen molar-refractivity contribution < 1.29 is 13.2 Å². The third kappa shape index (κ3) is 5.76. The fourth-order valence-corrected chi connectivity index (χ4v) is 4.20. The van der Waals surface area contributed by atoms with Crippen LogP contribution in [-0.2, 0) is 14.8 Å². The number of hydrogen-bond acceptors (Lipinski definition) is 4. The minimum Gasteiger partial charge on any atom is -0.323 e. The third-order valence-corrected chi connectivity index (χ3v) is 5.83. The Labute approximate surface area is 161 Å². The number of carbonyl (C=O) groups is 1. The molecule has 2 aromatic rings. The lowest BCUT2D eigenvalue weighted by Gasteiger charge is -2.22. The number of hydrogen-bond donors (Lipinski definition) is 1. The van der Waals surface area contributed by atoms with Crippen molar-refractivity contribution in [3.05, 3.63) is 53.0 Å². The van der Waals surface area contributed by atoms with Crippen LogP contribution < -0.4 is 9.62 Å². The minimum atomic E-state index is -3.60. The summed E-state index contributed by atoms with van der Waals surface area (Å²) >= 11 is 4.93. The van der Waals surface area contributed by atoms with Gasteiger partial charge in [0.25, 0.3) is 0 Å². The van der Waals surface area contributed by atoms with Gasteiger partial charge in [0.15, 0.2) is 0 Å². The van der Waals surface area contributed by atoms with Crippen LogP contribution in [0.4, 0.5) is 11.4 Å². The number of benzene rings is 2. The molecule has 5 nitrogen and oxygen atoms in total. The Hall–Kier alpha value is -1.51. The second-order valence-electron chi connectivity index (χ2n) is 5.23. The zero-order valence-corrected chi connectivity index (χ0v) is 17.1. The second kappa shape index (κ2) is 8.73. The number of halogens is 1. The van der Waals surface area contributed by atoms with E-state index in [2.05, 4.69) is 21.2 Å². The summed E-state index contributed by atoms with van der Waals surface area (Å²) in [5.41, 5.74) is 1.12. The number of anilines is 2. The molecule has 1 amide bonds. The molecule has 0 aromatic heterocycles. The lowest BCUT2D eigenvalue weighted by atomic mass is 10.3. The van der Waals surface area contributed by atoms with E-state index in [1.54, 1.807) is 42.1 Å². The Morgan fingerprint density at radius 3 is 2.56 bits per heavy atom. The summed E-state index contributed by atoms with van der Waals surface area (Å²) < 4.78 is 26.1. The lowest BCUT2D eigenvalue weighted by Crippen LogP contribution is -2.37. The quantitative estimate of drug-likeness (QED) is 0.658. The summed E-state index contributed by atoms with van der Waals surface area (Å²) in [7, 11) is -3.60. The van der Waals surface area contributed by atoms with Crippen molar-refractivity contribution in [2.75, 3.05) is 28.2 Å². The molecule has 1 N–H and O–H groups in total. The Kier molecular flexibility index (Phi) is 6.92. The fraction of sp³-hybridized carbons (Fsp3) is 0.235. The average Bonchev–Trinajstić information content (AvgIpc) is 2.53. The molecular formula is C17H19BrN2O3S2. The maximum absolute atomic E-state index is 12.4. The normalized spacial score (nSPS) is 11.2. The van der Waals surface area contributed by atoms with E-state index in [1.165, 1.54) is 0 Å². The van der Waals surface area contributed by atoms with Gasteiger partial charge in [0.2, 0.25) is 15.9 Å². The van der Waals surface area contributed by atoms with Crippen molar-refractivity contribution >= 4 is 55.0 Å². The number of nitrogens with one attached hydrogen (secondary N) is 1. The van der Waals surface area contributed by atoms with Crippen LogP contribution in [0.3, 0.4) is 0 Å². The highest BCUT2D eigenvalue weighted by Crippen LogP contribution is 2.27. The molecule has 0 aliphatic heterocycles. The molecule has 0 saturated carbocycles. The van der Waals surface area contributed by atoms with Crippen LogP contribution in [0.25, 0.3) is 0 Å². The number of sulfonamides is 1. The summed E-state index contributed by atoms with van der Waals surface area (Å²) in [5, 5.41) is 2.80. The number of para-hydroxylation sites is 1. The van der Waals surface area contributed by atoms with E-state index in [0.29, 0.717) is 11.4 Å². The van der Waals surface area contributed by atoms with E-state index >= 15 is 0 Å². The van der Waals surface area contributed by atoms with Crippen molar-refractivity contribution in [3.8, 4) is 0 Å². The maximum atomic E-state index is 12.4. The fourth-order valence-electron chi connectivity index (χ4n) is 2.20. The summed E-state index contributed by atoms with van der Waals surface area (Å²) in [6, 6.07) is 14.3. The van der Waals surface area contributed by atoms with Crippen molar-refractivity contribution in [3.63, 3.8) is 0 Å². The number of amides is 1. The average molecular weight is 443 g/mol. The van der Waals surface area contributed by atoms with Gasteiger partial charge in [-0.25, -0.2) is 8.42 Å². The molecule has 0 unspecified atom stereocenters. The zero-order chi connectivity index (χ0) is 18.4. The largest absolute Gasteiger partial charge is 0.323 e. The smallest absolute Gasteiger partial charge is 0.245 e. The van der Waals surface area contributed by atoms with Crippen LogP contribution in [0.15, 0.2) is 57.9 Å². The predicted molar refractivity (Wildman–Crippen MR) is 108 cm³/mol. The molecule has 0 atom stereocenters. The summed E-state index contributed by atoms with van der Waals surface area (Å²) in [6.07, 6.45) is 1.09. The van der Waals surface area contributed by atoms with Gasteiger partial charge in [0.05, 0.1) is 17.6 Å². The zero-order valence-electron chi connectivity index (χ0n) is 13.9. The highest BCUT2D eigenvalue weighted by Gasteiger charge is 2.21. The molecule has 0 spiro atoms. The summed E-state index contributed by atoms with van der Waals surface area (Å²) in [4.78, 5) is 13.4. The Bertz CT molecular complexity index is 856. The monoisotopic (exact) mass is 442 g/mol. The Morgan fingerprint density at radius 1 is 1.20 bits per heavy atom. The molecule has 2 rings (SSSR count). The van der Waals surface area contributed by atoms with Crippen molar-refractivity contribution in [2.24, 2.45) is 0 Å². The predicted octanol–water partition coefficient (Wildman–Crippen LogP) is 3.97. The standard InChI is InChI=1S/C17H19BrN2O3S2/c1-3-24-16-10-5-4-9-15(16)19-17(21)12-20(25(2,22)23)14-8-6-7-13(18)11-14/h4-11H,3,12H2,1-2H3,(H,19,21). The molecule has 0 heterocycles. The van der Waals surface area contributed by atoms with Gasteiger partial charge >= 0.3 is 0 Å². The molecule has 8 heteroatoms. The van der Waals surface area contributed by atoms with Gasteiger partial charge in [0, 0.05) is 9.37 Å². The first-order chi connectivity index (χ1) is 11.8. The van der Waals surface area contributed by atoms with Gasteiger partial charge in [-0.1, -0.05) is 41.1 Å². The van der Waals surface area contributed by atoms with E-state index in [4.69, 9.17) is 0 Å². The van der Waals surface area contributed by atoms with Gasteiger partial charge in [-0.15, -0.1) is 11.8 Å². The Morgan fingerprint density at radius 2 is 1.92 bits per heavy atom. The number of thioether (sulfide) groups is 1. The summed E-state index contributed by atoms with van der Waals surface area (Å²) in [5.74, 6) is 0.481. The van der Waals surface area contributed by atoms with Crippen LogP contribution in [-0.4, -0.2) is 32.9 Å². The molecule has 0 bridgehead atoms.